The molecule has 0 saturated carbocycles. The number of hydrogen-bond donors (Lipinski definition) is 0. The van der Waals surface area contributed by atoms with E-state index in [-0.39, 0.29) is 5.91 Å². The highest BCUT2D eigenvalue weighted by molar-refractivity contribution is 6.31. The lowest BCUT2D eigenvalue weighted by molar-refractivity contribution is 0.0958. The first kappa shape index (κ1) is 12.3. The summed E-state index contributed by atoms with van der Waals surface area (Å²) >= 11 is 6.09. The van der Waals surface area contributed by atoms with E-state index in [1.54, 1.807) is 17.0 Å². The van der Waals surface area contributed by atoms with E-state index in [2.05, 4.69) is 0 Å². The molecule has 3 nitrogen and oxygen atoms in total. The molecule has 4 heteroatoms. The fraction of sp³-hybridized carbons (Fsp3) is 0.267. The summed E-state index contributed by atoms with van der Waals surface area (Å²) < 4.78 is 5.21. The van der Waals surface area contributed by atoms with Crippen molar-refractivity contribution in [2.24, 2.45) is 0 Å². The third-order valence-corrected chi connectivity index (χ3v) is 3.64. The van der Waals surface area contributed by atoms with E-state index >= 15 is 0 Å². The molecule has 0 fully saturated rings. The van der Waals surface area contributed by atoms with Gasteiger partial charge in [0.05, 0.1) is 12.0 Å². The summed E-state index contributed by atoms with van der Waals surface area (Å²) in [6, 6.07) is 7.27. The summed E-state index contributed by atoms with van der Waals surface area (Å²) in [5.74, 6) is 0.290. The highest BCUT2D eigenvalue weighted by Crippen LogP contribution is 2.34. The Morgan fingerprint density at radius 2 is 2.26 bits per heavy atom. The van der Waals surface area contributed by atoms with Gasteiger partial charge in [0.2, 0.25) is 0 Å². The van der Waals surface area contributed by atoms with Crippen LogP contribution in [-0.2, 0) is 6.42 Å². The number of carbonyl (C=O) groups excluding carboxylic acids is 1. The van der Waals surface area contributed by atoms with Crippen LogP contribution in [0.3, 0.4) is 0 Å². The Morgan fingerprint density at radius 3 is 3.00 bits per heavy atom. The van der Waals surface area contributed by atoms with Crippen LogP contribution in [0.2, 0.25) is 5.02 Å². The first-order chi connectivity index (χ1) is 9.16. The van der Waals surface area contributed by atoms with Crippen LogP contribution in [0.4, 0.5) is 5.69 Å². The minimum absolute atomic E-state index is 0.0867. The summed E-state index contributed by atoms with van der Waals surface area (Å²) in [7, 11) is 0. The number of carbonyl (C=O) groups is 1. The van der Waals surface area contributed by atoms with Crippen molar-refractivity contribution < 1.29 is 9.21 Å². The molecule has 0 spiro atoms. The zero-order valence-corrected chi connectivity index (χ0v) is 11.4. The number of halogens is 1. The highest BCUT2D eigenvalue weighted by Gasteiger charge is 2.26. The number of benzene rings is 1. The molecule has 0 radical (unpaired) electrons. The van der Waals surface area contributed by atoms with Gasteiger partial charge in [-0.15, -0.1) is 0 Å². The summed E-state index contributed by atoms with van der Waals surface area (Å²) in [4.78, 5) is 14.3. The zero-order valence-electron chi connectivity index (χ0n) is 10.6. The monoisotopic (exact) mass is 275 g/mol. The van der Waals surface area contributed by atoms with Crippen LogP contribution >= 0.6 is 11.6 Å². The number of aryl methyl sites for hydroxylation is 2. The lowest BCUT2D eigenvalue weighted by Crippen LogP contribution is -2.35. The van der Waals surface area contributed by atoms with Crippen LogP contribution in [0.25, 0.3) is 0 Å². The summed E-state index contributed by atoms with van der Waals surface area (Å²) in [5.41, 5.74) is 3.15. The Hall–Kier alpha value is -1.74. The molecule has 1 amide bonds. The van der Waals surface area contributed by atoms with E-state index in [1.807, 2.05) is 19.1 Å². The van der Waals surface area contributed by atoms with E-state index in [4.69, 9.17) is 16.0 Å². The third-order valence-electron chi connectivity index (χ3n) is 3.42. The Kier molecular flexibility index (Phi) is 3.07. The number of amides is 1. The van der Waals surface area contributed by atoms with Crippen LogP contribution in [0.5, 0.6) is 0 Å². The molecule has 2 aromatic rings. The predicted molar refractivity (Wildman–Crippen MR) is 74.9 cm³/mol. The van der Waals surface area contributed by atoms with Gasteiger partial charge in [0.15, 0.2) is 5.76 Å². The fourth-order valence-electron chi connectivity index (χ4n) is 2.66. The van der Waals surface area contributed by atoms with Gasteiger partial charge in [0.1, 0.15) is 0 Å². The minimum Gasteiger partial charge on any atom is -0.459 e. The maximum absolute atomic E-state index is 12.5. The zero-order chi connectivity index (χ0) is 13.4. The van der Waals surface area contributed by atoms with Gasteiger partial charge in [-0.2, -0.15) is 0 Å². The highest BCUT2D eigenvalue weighted by atomic mass is 35.5. The average Bonchev–Trinajstić information content (AvgIpc) is 2.90. The molecule has 0 saturated heterocycles. The Balaban J connectivity index is 2.05. The van der Waals surface area contributed by atoms with E-state index in [1.165, 1.54) is 6.26 Å². The van der Waals surface area contributed by atoms with E-state index < -0.39 is 0 Å². The molecule has 19 heavy (non-hydrogen) atoms. The molecule has 1 aliphatic heterocycles. The minimum atomic E-state index is -0.0867. The molecule has 0 atom stereocenters. The molecule has 0 N–H and O–H groups in total. The average molecular weight is 276 g/mol. The first-order valence-electron chi connectivity index (χ1n) is 6.31. The van der Waals surface area contributed by atoms with Crippen molar-refractivity contribution in [3.8, 4) is 0 Å². The van der Waals surface area contributed by atoms with Gasteiger partial charge in [0.25, 0.3) is 5.91 Å². The van der Waals surface area contributed by atoms with E-state index in [9.17, 15) is 4.79 Å². The SMILES string of the molecule is Cc1cc(Cl)cc2c1N(C(=O)c1ccco1)CCC2. The Bertz CT molecular complexity index is 619. The normalized spacial score (nSPS) is 14.3. The van der Waals surface area contributed by atoms with Crippen LogP contribution in [-0.4, -0.2) is 12.5 Å². The van der Waals surface area contributed by atoms with Crippen molar-refractivity contribution in [1.82, 2.24) is 0 Å². The predicted octanol–water partition coefficient (Wildman–Crippen LogP) is 3.83. The molecule has 0 aliphatic carbocycles. The molecule has 0 bridgehead atoms. The summed E-state index contributed by atoms with van der Waals surface area (Å²) in [5, 5.41) is 0.726. The van der Waals surface area contributed by atoms with Crippen LogP contribution in [0, 0.1) is 6.92 Å². The Morgan fingerprint density at radius 1 is 1.42 bits per heavy atom. The first-order valence-corrected chi connectivity index (χ1v) is 6.69. The van der Waals surface area contributed by atoms with Crippen molar-refractivity contribution in [2.75, 3.05) is 11.4 Å². The van der Waals surface area contributed by atoms with E-state index in [0.29, 0.717) is 5.76 Å². The van der Waals surface area contributed by atoms with Crippen LogP contribution < -0.4 is 4.90 Å². The van der Waals surface area contributed by atoms with Crippen molar-refractivity contribution in [3.63, 3.8) is 0 Å². The van der Waals surface area contributed by atoms with Gasteiger partial charge < -0.3 is 9.32 Å². The topological polar surface area (TPSA) is 33.5 Å². The quantitative estimate of drug-likeness (QED) is 0.792. The molecule has 98 valence electrons. The molecule has 1 aromatic carbocycles. The third kappa shape index (κ3) is 2.15. The molecular formula is C15H14ClNO2. The second-order valence-electron chi connectivity index (χ2n) is 4.77. The van der Waals surface area contributed by atoms with Gasteiger partial charge in [0, 0.05) is 11.6 Å². The van der Waals surface area contributed by atoms with Crippen molar-refractivity contribution >= 4 is 23.2 Å². The summed E-state index contributed by atoms with van der Waals surface area (Å²) in [6.45, 7) is 2.70. The summed E-state index contributed by atoms with van der Waals surface area (Å²) in [6.07, 6.45) is 3.42. The van der Waals surface area contributed by atoms with Crippen LogP contribution in [0.15, 0.2) is 34.9 Å². The maximum Gasteiger partial charge on any atom is 0.293 e. The number of rotatable bonds is 1. The molecule has 3 rings (SSSR count). The number of anilines is 1. The van der Waals surface area contributed by atoms with Gasteiger partial charge in [-0.3, -0.25) is 4.79 Å². The number of nitrogens with zero attached hydrogens (tertiary/aromatic N) is 1. The van der Waals surface area contributed by atoms with Gasteiger partial charge in [-0.05, 0) is 55.2 Å². The smallest absolute Gasteiger partial charge is 0.293 e. The number of hydrogen-bond acceptors (Lipinski definition) is 2. The van der Waals surface area contributed by atoms with Crippen LogP contribution in [0.1, 0.15) is 28.1 Å². The van der Waals surface area contributed by atoms with Gasteiger partial charge in [-0.25, -0.2) is 0 Å². The maximum atomic E-state index is 12.5. The van der Waals surface area contributed by atoms with Gasteiger partial charge >= 0.3 is 0 Å². The van der Waals surface area contributed by atoms with Crippen molar-refractivity contribution in [1.29, 1.82) is 0 Å². The second kappa shape index (κ2) is 4.74. The van der Waals surface area contributed by atoms with Gasteiger partial charge in [-0.1, -0.05) is 11.6 Å². The second-order valence-corrected chi connectivity index (χ2v) is 5.20. The molecule has 0 unspecified atom stereocenters. The lowest BCUT2D eigenvalue weighted by Gasteiger charge is -2.30. The van der Waals surface area contributed by atoms with Crippen molar-refractivity contribution in [3.05, 3.63) is 52.4 Å². The molecule has 1 aromatic heterocycles. The number of furan rings is 1. The standard InChI is InChI=1S/C15H14ClNO2/c1-10-8-12(16)9-11-4-2-6-17(14(10)11)15(18)13-5-3-7-19-13/h3,5,7-9H,2,4,6H2,1H3. The lowest BCUT2D eigenvalue weighted by atomic mass is 9.98. The van der Waals surface area contributed by atoms with Crippen molar-refractivity contribution in [2.45, 2.75) is 19.8 Å². The molecule has 1 aliphatic rings. The van der Waals surface area contributed by atoms with E-state index in [0.717, 1.165) is 41.2 Å². The number of fused-ring (bicyclic) bond motifs is 1. The molecular weight excluding hydrogens is 262 g/mol. The largest absolute Gasteiger partial charge is 0.459 e. The molecule has 2 heterocycles. The Labute approximate surface area is 116 Å². The fourth-order valence-corrected chi connectivity index (χ4v) is 2.95.